The predicted octanol–water partition coefficient (Wildman–Crippen LogP) is 1.62. The highest BCUT2D eigenvalue weighted by Crippen LogP contribution is 2.17. The van der Waals surface area contributed by atoms with Gasteiger partial charge in [-0.1, -0.05) is 6.07 Å². The molecule has 0 saturated carbocycles. The Morgan fingerprint density at radius 2 is 1.93 bits per heavy atom. The van der Waals surface area contributed by atoms with Crippen molar-refractivity contribution in [3.8, 4) is 0 Å². The number of aliphatic carboxylic acids is 1. The molecular weight excluding hydrogens is 299 g/mol. The Bertz CT molecular complexity index is 386. The molecule has 0 aliphatic heterocycles. The van der Waals surface area contributed by atoms with Gasteiger partial charge in [-0.05, 0) is 40.3 Å². The maximum absolute atomic E-state index is 10.8. The third-order valence-electron chi connectivity index (χ3n) is 1.68. The number of benzene rings is 1. The summed E-state index contributed by atoms with van der Waals surface area (Å²) in [5.41, 5.74) is 0.410. The molecule has 0 atom stereocenters. The first-order valence-electron chi connectivity index (χ1n) is 3.75. The lowest BCUT2D eigenvalue weighted by atomic mass is 10.1. The van der Waals surface area contributed by atoms with Gasteiger partial charge in [0.15, 0.2) is 0 Å². The Morgan fingerprint density at radius 3 is 2.43 bits per heavy atom. The van der Waals surface area contributed by atoms with Crippen LogP contribution in [0.2, 0.25) is 0 Å². The van der Waals surface area contributed by atoms with E-state index in [0.717, 1.165) is 0 Å². The summed E-state index contributed by atoms with van der Waals surface area (Å²) in [6, 6.07) is 4.69. The van der Waals surface area contributed by atoms with Gasteiger partial charge in [0.1, 0.15) is 0 Å². The van der Waals surface area contributed by atoms with Crippen LogP contribution in [0, 0.1) is 3.57 Å². The van der Waals surface area contributed by atoms with Gasteiger partial charge in [0.05, 0.1) is 12.0 Å². The summed E-state index contributed by atoms with van der Waals surface area (Å²) in [4.78, 5) is 21.3. The van der Waals surface area contributed by atoms with E-state index in [2.05, 4.69) is 0 Å². The van der Waals surface area contributed by atoms with Crippen molar-refractivity contribution in [2.24, 2.45) is 0 Å². The van der Waals surface area contributed by atoms with Crippen molar-refractivity contribution < 1.29 is 19.8 Å². The fraction of sp³-hybridized carbons (Fsp3) is 0.111. The van der Waals surface area contributed by atoms with Gasteiger partial charge in [-0.25, -0.2) is 4.79 Å². The first-order valence-corrected chi connectivity index (χ1v) is 4.82. The average Bonchev–Trinajstić information content (AvgIpc) is 2.07. The zero-order chi connectivity index (χ0) is 10.7. The number of carboxylic acids is 2. The van der Waals surface area contributed by atoms with E-state index in [1.54, 1.807) is 12.1 Å². The number of hydrogen-bond donors (Lipinski definition) is 2. The quantitative estimate of drug-likeness (QED) is 0.832. The largest absolute Gasteiger partial charge is 0.481 e. The van der Waals surface area contributed by atoms with E-state index in [1.807, 2.05) is 22.6 Å². The van der Waals surface area contributed by atoms with Crippen LogP contribution in [0.4, 0.5) is 0 Å². The van der Waals surface area contributed by atoms with E-state index < -0.39 is 11.9 Å². The zero-order valence-corrected chi connectivity index (χ0v) is 9.19. The molecule has 0 heterocycles. The maximum Gasteiger partial charge on any atom is 0.336 e. The van der Waals surface area contributed by atoms with Gasteiger partial charge in [-0.15, -0.1) is 0 Å². The summed E-state index contributed by atoms with van der Waals surface area (Å²) in [5.74, 6) is -2.13. The summed E-state index contributed by atoms with van der Waals surface area (Å²) in [5, 5.41) is 17.4. The molecule has 0 amide bonds. The van der Waals surface area contributed by atoms with Crippen LogP contribution in [-0.2, 0) is 11.2 Å². The van der Waals surface area contributed by atoms with Gasteiger partial charge in [-0.2, -0.15) is 0 Å². The fourth-order valence-corrected chi connectivity index (χ4v) is 1.78. The highest BCUT2D eigenvalue weighted by atomic mass is 127. The van der Waals surface area contributed by atoms with E-state index in [4.69, 9.17) is 10.2 Å². The lowest BCUT2D eigenvalue weighted by Crippen LogP contribution is -2.09. The van der Waals surface area contributed by atoms with E-state index in [1.165, 1.54) is 6.07 Å². The molecule has 14 heavy (non-hydrogen) atoms. The Balaban J connectivity index is 3.22. The van der Waals surface area contributed by atoms with Gasteiger partial charge in [-0.3, -0.25) is 4.79 Å². The van der Waals surface area contributed by atoms with Crippen molar-refractivity contribution in [2.45, 2.75) is 6.42 Å². The van der Waals surface area contributed by atoms with Crippen LogP contribution in [0.3, 0.4) is 0 Å². The van der Waals surface area contributed by atoms with Crippen LogP contribution in [0.15, 0.2) is 18.2 Å². The van der Waals surface area contributed by atoms with Crippen molar-refractivity contribution in [3.63, 3.8) is 0 Å². The minimum atomic E-state index is -1.10. The second-order valence-electron chi connectivity index (χ2n) is 2.64. The number of hydrogen-bond acceptors (Lipinski definition) is 2. The summed E-state index contributed by atoms with van der Waals surface area (Å²) >= 11 is 1.93. The number of aromatic carboxylic acids is 1. The Kier molecular flexibility index (Phi) is 3.45. The molecule has 0 bridgehead atoms. The number of carboxylic acid groups (broad SMARTS) is 2. The van der Waals surface area contributed by atoms with E-state index in [-0.39, 0.29) is 12.0 Å². The standard InChI is InChI=1S/C9H7IO4/c10-7-3-1-2-5(9(13)14)6(7)4-8(11)12/h1-3H,4H2,(H,11,12)(H,13,14). The van der Waals surface area contributed by atoms with Gasteiger partial charge in [0, 0.05) is 3.57 Å². The van der Waals surface area contributed by atoms with Gasteiger partial charge in [0.2, 0.25) is 0 Å². The lowest BCUT2D eigenvalue weighted by Gasteiger charge is -2.05. The van der Waals surface area contributed by atoms with Crippen LogP contribution < -0.4 is 0 Å². The Morgan fingerprint density at radius 1 is 1.29 bits per heavy atom. The molecule has 0 unspecified atom stereocenters. The normalized spacial score (nSPS) is 9.79. The molecule has 5 heteroatoms. The SMILES string of the molecule is O=C(O)Cc1c(I)cccc1C(=O)O. The van der Waals surface area contributed by atoms with E-state index in [0.29, 0.717) is 9.13 Å². The highest BCUT2D eigenvalue weighted by molar-refractivity contribution is 14.1. The molecule has 0 saturated heterocycles. The molecule has 1 rings (SSSR count). The first kappa shape index (κ1) is 11.0. The summed E-state index contributed by atoms with van der Waals surface area (Å²) in [6.07, 6.45) is -0.263. The van der Waals surface area contributed by atoms with Crippen molar-refractivity contribution in [1.82, 2.24) is 0 Å². The van der Waals surface area contributed by atoms with Crippen molar-refractivity contribution >= 4 is 34.5 Å². The molecule has 1 aromatic rings. The van der Waals surface area contributed by atoms with Crippen molar-refractivity contribution in [1.29, 1.82) is 0 Å². The van der Waals surface area contributed by atoms with Crippen LogP contribution in [0.5, 0.6) is 0 Å². The monoisotopic (exact) mass is 306 g/mol. The predicted molar refractivity (Wildman–Crippen MR) is 57.5 cm³/mol. The molecule has 0 spiro atoms. The maximum atomic E-state index is 10.8. The molecule has 74 valence electrons. The second kappa shape index (κ2) is 4.41. The van der Waals surface area contributed by atoms with Gasteiger partial charge in [0.25, 0.3) is 0 Å². The van der Waals surface area contributed by atoms with Gasteiger partial charge >= 0.3 is 11.9 Å². The number of carbonyl (C=O) groups is 2. The highest BCUT2D eigenvalue weighted by Gasteiger charge is 2.14. The van der Waals surface area contributed by atoms with Gasteiger partial charge < -0.3 is 10.2 Å². The first-order chi connectivity index (χ1) is 6.52. The zero-order valence-electron chi connectivity index (χ0n) is 7.03. The van der Waals surface area contributed by atoms with E-state index in [9.17, 15) is 9.59 Å². The van der Waals surface area contributed by atoms with Crippen LogP contribution in [0.25, 0.3) is 0 Å². The third kappa shape index (κ3) is 2.44. The molecule has 0 radical (unpaired) electrons. The molecule has 4 nitrogen and oxygen atoms in total. The second-order valence-corrected chi connectivity index (χ2v) is 3.80. The van der Waals surface area contributed by atoms with Crippen LogP contribution in [0.1, 0.15) is 15.9 Å². The minimum Gasteiger partial charge on any atom is -0.481 e. The Hall–Kier alpha value is -1.11. The number of halogens is 1. The molecule has 0 aliphatic rings. The minimum absolute atomic E-state index is 0.0549. The molecule has 0 aromatic heterocycles. The van der Waals surface area contributed by atoms with Crippen LogP contribution in [-0.4, -0.2) is 22.2 Å². The molecular formula is C9H7IO4. The fourth-order valence-electron chi connectivity index (χ4n) is 1.09. The Labute approximate surface area is 93.7 Å². The molecule has 0 aliphatic carbocycles. The van der Waals surface area contributed by atoms with Crippen LogP contribution >= 0.6 is 22.6 Å². The summed E-state index contributed by atoms with van der Waals surface area (Å²) < 4.78 is 0.657. The molecule has 0 fully saturated rings. The third-order valence-corrected chi connectivity index (χ3v) is 2.69. The summed E-state index contributed by atoms with van der Waals surface area (Å²) in [6.45, 7) is 0. The van der Waals surface area contributed by atoms with Crippen molar-refractivity contribution in [2.75, 3.05) is 0 Å². The van der Waals surface area contributed by atoms with E-state index >= 15 is 0 Å². The lowest BCUT2D eigenvalue weighted by molar-refractivity contribution is -0.136. The number of rotatable bonds is 3. The van der Waals surface area contributed by atoms with Crippen molar-refractivity contribution in [3.05, 3.63) is 32.9 Å². The topological polar surface area (TPSA) is 74.6 Å². The smallest absolute Gasteiger partial charge is 0.336 e. The average molecular weight is 306 g/mol. The molecule has 1 aromatic carbocycles. The summed E-state index contributed by atoms with van der Waals surface area (Å²) in [7, 11) is 0. The molecule has 2 N–H and O–H groups in total.